The van der Waals surface area contributed by atoms with Crippen molar-refractivity contribution in [1.29, 1.82) is 0 Å². The summed E-state index contributed by atoms with van der Waals surface area (Å²) in [5, 5.41) is 6.29. The SMILES string of the molecule is NC(N)C(C(=O)NC1CNCC(F)C1N1CCC(C(=O)N2CCC(N3CCCCC3)CC2)CC1)C1CC2(CCCCC2)CCC(F)C=N1. The van der Waals surface area contributed by atoms with E-state index in [-0.39, 0.29) is 29.7 Å². The molecule has 0 radical (unpaired) electrons. The van der Waals surface area contributed by atoms with Crippen molar-refractivity contribution in [3.05, 3.63) is 0 Å². The molecule has 6 atom stereocenters. The number of amides is 2. The van der Waals surface area contributed by atoms with Crippen LogP contribution in [0.25, 0.3) is 0 Å². The summed E-state index contributed by atoms with van der Waals surface area (Å²) < 4.78 is 30.5. The first-order valence-electron chi connectivity index (χ1n) is 19.3. The van der Waals surface area contributed by atoms with Gasteiger partial charge in [0.1, 0.15) is 12.3 Å². The van der Waals surface area contributed by atoms with Crippen molar-refractivity contribution in [1.82, 2.24) is 25.3 Å². The van der Waals surface area contributed by atoms with E-state index in [0.717, 1.165) is 58.0 Å². The minimum Gasteiger partial charge on any atom is -0.350 e. The van der Waals surface area contributed by atoms with Gasteiger partial charge in [-0.25, -0.2) is 8.78 Å². The summed E-state index contributed by atoms with van der Waals surface area (Å²) in [6.07, 6.45) is 12.7. The maximum absolute atomic E-state index is 15.7. The number of aliphatic imine (C=N–C) groups is 1. The number of nitrogens with zero attached hydrogens (tertiary/aromatic N) is 4. The van der Waals surface area contributed by atoms with Crippen LogP contribution in [-0.4, -0.2) is 128 Å². The second-order valence-corrected chi connectivity index (χ2v) is 16.0. The van der Waals surface area contributed by atoms with Crippen LogP contribution >= 0.6 is 0 Å². The summed E-state index contributed by atoms with van der Waals surface area (Å²) in [6, 6.07) is -0.920. The molecule has 6 N–H and O–H groups in total. The Hall–Kier alpha value is -1.73. The minimum atomic E-state index is -1.17. The number of piperidine rings is 4. The number of likely N-dealkylation sites (tertiary alicyclic amines) is 3. The zero-order valence-corrected chi connectivity index (χ0v) is 29.1. The molecule has 0 aromatic carbocycles. The van der Waals surface area contributed by atoms with Crippen LogP contribution in [0.3, 0.4) is 0 Å². The van der Waals surface area contributed by atoms with E-state index in [2.05, 4.69) is 30.3 Å². The van der Waals surface area contributed by atoms with Crippen molar-refractivity contribution in [2.24, 2.45) is 33.7 Å². The highest BCUT2D eigenvalue weighted by molar-refractivity contribution is 5.81. The lowest BCUT2D eigenvalue weighted by Crippen LogP contribution is -2.67. The van der Waals surface area contributed by atoms with Crippen molar-refractivity contribution in [2.75, 3.05) is 52.4 Å². The first-order valence-corrected chi connectivity index (χ1v) is 19.3. The van der Waals surface area contributed by atoms with E-state index in [1.54, 1.807) is 0 Å². The summed E-state index contributed by atoms with van der Waals surface area (Å²) in [7, 11) is 0. The number of hydrogen-bond acceptors (Lipinski definition) is 8. The zero-order valence-electron chi connectivity index (χ0n) is 29.1. The van der Waals surface area contributed by atoms with E-state index in [1.807, 2.05) is 0 Å². The first kappa shape index (κ1) is 36.1. The number of nitrogens with two attached hydrogens (primary N) is 2. The molecule has 0 aromatic heterocycles. The van der Waals surface area contributed by atoms with Crippen molar-refractivity contribution in [3.63, 3.8) is 0 Å². The summed E-state index contributed by atoms with van der Waals surface area (Å²) >= 11 is 0. The quantitative estimate of drug-likeness (QED) is 0.305. The molecule has 0 bridgehead atoms. The first-order chi connectivity index (χ1) is 23.2. The lowest BCUT2D eigenvalue weighted by molar-refractivity contribution is -0.139. The van der Waals surface area contributed by atoms with Gasteiger partial charge in [-0.1, -0.05) is 25.7 Å². The molecule has 1 spiro atoms. The van der Waals surface area contributed by atoms with Crippen LogP contribution < -0.4 is 22.1 Å². The van der Waals surface area contributed by atoms with E-state index < -0.39 is 42.6 Å². The van der Waals surface area contributed by atoms with Gasteiger partial charge in [-0.05, 0) is 102 Å². The number of rotatable bonds is 7. The molecule has 272 valence electrons. The summed E-state index contributed by atoms with van der Waals surface area (Å²) in [4.78, 5) is 39.0. The fourth-order valence-electron chi connectivity index (χ4n) is 10.1. The highest BCUT2D eigenvalue weighted by Gasteiger charge is 2.45. The van der Waals surface area contributed by atoms with Gasteiger partial charge < -0.3 is 31.9 Å². The number of nitrogens with one attached hydrogen (secondary N) is 2. The van der Waals surface area contributed by atoms with E-state index in [0.29, 0.717) is 51.4 Å². The third-order valence-electron chi connectivity index (χ3n) is 12.9. The number of halogens is 2. The van der Waals surface area contributed by atoms with Crippen molar-refractivity contribution < 1.29 is 18.4 Å². The molecule has 6 aliphatic rings. The van der Waals surface area contributed by atoms with Gasteiger partial charge in [-0.15, -0.1) is 0 Å². The van der Waals surface area contributed by atoms with Crippen LogP contribution in [0.2, 0.25) is 0 Å². The highest BCUT2D eigenvalue weighted by atomic mass is 19.1. The summed E-state index contributed by atoms with van der Waals surface area (Å²) in [5.74, 6) is -0.959. The van der Waals surface area contributed by atoms with Crippen molar-refractivity contribution in [2.45, 2.75) is 139 Å². The second-order valence-electron chi connectivity index (χ2n) is 16.0. The Labute approximate surface area is 286 Å². The van der Waals surface area contributed by atoms with Gasteiger partial charge in [-0.3, -0.25) is 19.5 Å². The number of carbonyl (C=O) groups excluding carboxylic acids is 2. The van der Waals surface area contributed by atoms with Crippen molar-refractivity contribution in [3.8, 4) is 0 Å². The van der Waals surface area contributed by atoms with Crippen LogP contribution in [-0.2, 0) is 9.59 Å². The Morgan fingerprint density at radius 3 is 2.21 bits per heavy atom. The van der Waals surface area contributed by atoms with Crippen molar-refractivity contribution >= 4 is 18.0 Å². The lowest BCUT2D eigenvalue weighted by Gasteiger charge is -2.46. The Kier molecular flexibility index (Phi) is 12.4. The summed E-state index contributed by atoms with van der Waals surface area (Å²) in [6.45, 7) is 5.93. The Morgan fingerprint density at radius 2 is 1.52 bits per heavy atom. The normalized spacial score (nSPS) is 34.1. The molecule has 6 unspecified atom stereocenters. The predicted molar refractivity (Wildman–Crippen MR) is 185 cm³/mol. The molecule has 0 aromatic rings. The number of carbonyl (C=O) groups is 2. The monoisotopic (exact) mass is 676 g/mol. The molecule has 5 aliphatic heterocycles. The van der Waals surface area contributed by atoms with Crippen LogP contribution in [0.4, 0.5) is 8.78 Å². The molecule has 48 heavy (non-hydrogen) atoms. The molecular formula is C36H62F2N8O2. The Balaban J connectivity index is 1.06. The van der Waals surface area contributed by atoms with Gasteiger partial charge in [0.15, 0.2) is 0 Å². The van der Waals surface area contributed by atoms with Crippen LogP contribution in [0.15, 0.2) is 4.99 Å². The molecule has 10 nitrogen and oxygen atoms in total. The van der Waals surface area contributed by atoms with Crippen LogP contribution in [0.5, 0.6) is 0 Å². The fraction of sp³-hybridized carbons (Fsp3) is 0.917. The molecular weight excluding hydrogens is 614 g/mol. The smallest absolute Gasteiger partial charge is 0.228 e. The van der Waals surface area contributed by atoms with E-state index >= 15 is 4.39 Å². The van der Waals surface area contributed by atoms with Gasteiger partial charge in [0.05, 0.1) is 30.2 Å². The van der Waals surface area contributed by atoms with Crippen LogP contribution in [0, 0.1) is 17.3 Å². The summed E-state index contributed by atoms with van der Waals surface area (Å²) in [5.41, 5.74) is 12.5. The van der Waals surface area contributed by atoms with E-state index in [1.165, 1.54) is 45.0 Å². The second kappa shape index (κ2) is 16.5. The maximum Gasteiger partial charge on any atom is 0.228 e. The van der Waals surface area contributed by atoms with Gasteiger partial charge in [0.25, 0.3) is 0 Å². The Bertz CT molecular complexity index is 1080. The third-order valence-corrected chi connectivity index (χ3v) is 12.9. The Morgan fingerprint density at radius 1 is 0.833 bits per heavy atom. The van der Waals surface area contributed by atoms with Crippen LogP contribution in [0.1, 0.15) is 96.3 Å². The topological polar surface area (TPSA) is 132 Å². The minimum absolute atomic E-state index is 0.0381. The molecule has 12 heteroatoms. The molecule has 1 saturated carbocycles. The molecule has 5 fully saturated rings. The fourth-order valence-corrected chi connectivity index (χ4v) is 10.1. The molecule has 6 rings (SSSR count). The lowest BCUT2D eigenvalue weighted by atomic mass is 9.65. The average molecular weight is 677 g/mol. The predicted octanol–water partition coefficient (Wildman–Crippen LogP) is 2.74. The van der Waals surface area contributed by atoms with Gasteiger partial charge in [-0.2, -0.15) is 0 Å². The molecule has 2 amide bonds. The highest BCUT2D eigenvalue weighted by Crippen LogP contribution is 2.46. The third kappa shape index (κ3) is 8.58. The van der Waals surface area contributed by atoms with Gasteiger partial charge in [0.2, 0.25) is 11.8 Å². The molecule has 1 aliphatic carbocycles. The van der Waals surface area contributed by atoms with Gasteiger partial charge >= 0.3 is 0 Å². The molecule has 4 saturated heterocycles. The largest absolute Gasteiger partial charge is 0.350 e. The van der Waals surface area contributed by atoms with E-state index in [4.69, 9.17) is 11.5 Å². The molecule has 5 heterocycles. The van der Waals surface area contributed by atoms with E-state index in [9.17, 15) is 14.0 Å². The van der Waals surface area contributed by atoms with Gasteiger partial charge in [0, 0.05) is 44.4 Å². The number of alkyl halides is 2. The maximum atomic E-state index is 15.7. The standard InChI is InChI=1S/C36H62F2N8O2/c37-26-7-14-36(12-3-1-4-13-36)21-29(42-22-26)31(33(39)40)34(47)43-30-24-41-23-28(38)32(30)45-17-8-25(9-18-45)35(48)46-19-10-27(11-20-46)44-15-5-2-6-16-44/h22,25-33,41H,1-21,23-24,39-40H2,(H,43,47). The number of hydrogen-bond donors (Lipinski definition) is 4. The average Bonchev–Trinajstić information content (AvgIpc) is 3.10. The zero-order chi connectivity index (χ0) is 33.7.